The highest BCUT2D eigenvalue weighted by Gasteiger charge is 2.18. The third kappa shape index (κ3) is 5.49. The van der Waals surface area contributed by atoms with Crippen LogP contribution in [0.5, 0.6) is 5.88 Å². The first kappa shape index (κ1) is 22.1. The number of nitriles is 1. The van der Waals surface area contributed by atoms with Gasteiger partial charge in [-0.25, -0.2) is 18.1 Å². The summed E-state index contributed by atoms with van der Waals surface area (Å²) in [4.78, 5) is 4.57. The Hall–Kier alpha value is -2.63. The van der Waals surface area contributed by atoms with Gasteiger partial charge in [0.15, 0.2) is 0 Å². The number of rotatable bonds is 7. The summed E-state index contributed by atoms with van der Waals surface area (Å²) in [6.45, 7) is 0.0583. The number of aromatic nitrogens is 1. The Morgan fingerprint density at radius 1 is 1.10 bits per heavy atom. The van der Waals surface area contributed by atoms with E-state index in [4.69, 9.17) is 27.9 Å². The van der Waals surface area contributed by atoms with E-state index in [9.17, 15) is 13.7 Å². The maximum Gasteiger partial charge on any atom is 0.232 e. The summed E-state index contributed by atoms with van der Waals surface area (Å²) in [7, 11) is -3.34. The first-order chi connectivity index (χ1) is 14.3. The van der Waals surface area contributed by atoms with Gasteiger partial charge in [0.2, 0.25) is 15.9 Å². The molecule has 6 nitrogen and oxygen atoms in total. The van der Waals surface area contributed by atoms with Crippen LogP contribution in [0.25, 0.3) is 22.4 Å². The van der Waals surface area contributed by atoms with Crippen molar-refractivity contribution in [1.82, 2.24) is 9.71 Å². The van der Waals surface area contributed by atoms with Gasteiger partial charge in [-0.15, -0.1) is 0 Å². The van der Waals surface area contributed by atoms with Crippen molar-refractivity contribution in [1.29, 1.82) is 5.26 Å². The fourth-order valence-corrected chi connectivity index (χ4v) is 3.57. The van der Waals surface area contributed by atoms with Crippen LogP contribution in [0.2, 0.25) is 10.0 Å². The van der Waals surface area contributed by atoms with Crippen molar-refractivity contribution in [3.8, 4) is 34.3 Å². The molecule has 0 atom stereocenters. The molecule has 0 spiro atoms. The lowest BCUT2D eigenvalue weighted by Gasteiger charge is -2.15. The molecular formula is C21H17Cl2N3O3S. The number of hydrogen-bond donors (Lipinski definition) is 1. The standard InChI is InChI=1S/C21H17Cl2N3O3S/c1-30(27,28)25-10-11-29-21-15(13-24)12-18(14-6-8-16(22)9-7-14)20(26-21)17-4-2-3-5-19(17)23/h2-9,12,25H,10-11H2,1H3. The molecule has 0 radical (unpaired) electrons. The molecule has 0 saturated carbocycles. The summed E-state index contributed by atoms with van der Waals surface area (Å²) in [6, 6.07) is 18.1. The van der Waals surface area contributed by atoms with Crippen molar-refractivity contribution in [3.63, 3.8) is 0 Å². The lowest BCUT2D eigenvalue weighted by Crippen LogP contribution is -2.27. The predicted molar refractivity (Wildman–Crippen MR) is 118 cm³/mol. The van der Waals surface area contributed by atoms with Crippen molar-refractivity contribution in [2.75, 3.05) is 19.4 Å². The van der Waals surface area contributed by atoms with E-state index >= 15 is 0 Å². The quantitative estimate of drug-likeness (QED) is 0.522. The maximum absolute atomic E-state index is 11.2. The highest BCUT2D eigenvalue weighted by atomic mass is 35.5. The fraction of sp³-hybridized carbons (Fsp3) is 0.143. The Bertz CT molecular complexity index is 1210. The van der Waals surface area contributed by atoms with Crippen molar-refractivity contribution < 1.29 is 13.2 Å². The van der Waals surface area contributed by atoms with E-state index < -0.39 is 10.0 Å². The smallest absolute Gasteiger partial charge is 0.232 e. The summed E-state index contributed by atoms with van der Waals surface area (Å²) in [5.41, 5.74) is 2.93. The molecule has 2 aromatic carbocycles. The van der Waals surface area contributed by atoms with E-state index in [2.05, 4.69) is 15.8 Å². The minimum atomic E-state index is -3.34. The number of ether oxygens (including phenoxy) is 1. The molecular weight excluding hydrogens is 445 g/mol. The van der Waals surface area contributed by atoms with E-state index in [0.717, 1.165) is 11.8 Å². The molecule has 0 bridgehead atoms. The lowest BCUT2D eigenvalue weighted by atomic mass is 9.98. The minimum Gasteiger partial charge on any atom is -0.475 e. The van der Waals surface area contributed by atoms with E-state index in [1.807, 2.05) is 30.3 Å². The Morgan fingerprint density at radius 2 is 1.80 bits per heavy atom. The van der Waals surface area contributed by atoms with E-state index in [1.54, 1.807) is 24.3 Å². The molecule has 3 rings (SSSR count). The van der Waals surface area contributed by atoms with Crippen LogP contribution in [-0.2, 0) is 10.0 Å². The predicted octanol–water partition coefficient (Wildman–Crippen LogP) is 4.52. The van der Waals surface area contributed by atoms with Crippen LogP contribution in [0.1, 0.15) is 5.56 Å². The average Bonchev–Trinajstić information content (AvgIpc) is 2.71. The first-order valence-corrected chi connectivity index (χ1v) is 11.5. The Kier molecular flexibility index (Phi) is 6.95. The topological polar surface area (TPSA) is 92.1 Å². The summed E-state index contributed by atoms with van der Waals surface area (Å²) in [5.74, 6) is 0.0976. The number of sulfonamides is 1. The van der Waals surface area contributed by atoms with Gasteiger partial charge in [0.1, 0.15) is 18.2 Å². The van der Waals surface area contributed by atoms with Crippen molar-refractivity contribution in [2.45, 2.75) is 0 Å². The zero-order chi connectivity index (χ0) is 21.7. The number of nitrogens with zero attached hydrogens (tertiary/aromatic N) is 2. The number of hydrogen-bond acceptors (Lipinski definition) is 5. The van der Waals surface area contributed by atoms with Gasteiger partial charge in [-0.2, -0.15) is 5.26 Å². The molecule has 1 N–H and O–H groups in total. The molecule has 30 heavy (non-hydrogen) atoms. The Balaban J connectivity index is 2.07. The molecule has 0 aliphatic carbocycles. The molecule has 1 aromatic heterocycles. The van der Waals surface area contributed by atoms with Gasteiger partial charge in [0, 0.05) is 27.7 Å². The van der Waals surface area contributed by atoms with Crippen molar-refractivity contribution in [3.05, 3.63) is 70.2 Å². The molecule has 0 aliphatic rings. The van der Waals surface area contributed by atoms with E-state index in [0.29, 0.717) is 26.9 Å². The number of nitrogens with one attached hydrogen (secondary N) is 1. The number of benzene rings is 2. The molecule has 0 saturated heterocycles. The second-order valence-electron chi connectivity index (χ2n) is 6.35. The van der Waals surface area contributed by atoms with Gasteiger partial charge in [-0.3, -0.25) is 0 Å². The van der Waals surface area contributed by atoms with Gasteiger partial charge in [0.25, 0.3) is 0 Å². The molecule has 0 aliphatic heterocycles. The van der Waals surface area contributed by atoms with Gasteiger partial charge >= 0.3 is 0 Å². The van der Waals surface area contributed by atoms with Crippen LogP contribution >= 0.6 is 23.2 Å². The molecule has 3 aromatic rings. The normalized spacial score (nSPS) is 11.1. The molecule has 0 amide bonds. The van der Waals surface area contributed by atoms with E-state index in [1.165, 1.54) is 0 Å². The summed E-state index contributed by atoms with van der Waals surface area (Å²) in [5, 5.41) is 10.7. The van der Waals surface area contributed by atoms with Crippen LogP contribution in [0, 0.1) is 11.3 Å². The molecule has 0 fully saturated rings. The average molecular weight is 462 g/mol. The van der Waals surface area contributed by atoms with Crippen LogP contribution < -0.4 is 9.46 Å². The minimum absolute atomic E-state index is 0.0109. The highest BCUT2D eigenvalue weighted by Crippen LogP contribution is 2.37. The monoisotopic (exact) mass is 461 g/mol. The van der Waals surface area contributed by atoms with Gasteiger partial charge < -0.3 is 4.74 Å². The first-order valence-electron chi connectivity index (χ1n) is 8.82. The zero-order valence-electron chi connectivity index (χ0n) is 15.9. The van der Waals surface area contributed by atoms with Gasteiger partial charge in [-0.1, -0.05) is 53.5 Å². The summed E-state index contributed by atoms with van der Waals surface area (Å²) in [6.07, 6.45) is 1.06. The third-order valence-corrected chi connectivity index (χ3v) is 5.41. The molecule has 0 unspecified atom stereocenters. The highest BCUT2D eigenvalue weighted by molar-refractivity contribution is 7.88. The maximum atomic E-state index is 11.2. The second kappa shape index (κ2) is 9.45. The summed E-state index contributed by atoms with van der Waals surface area (Å²) >= 11 is 12.4. The molecule has 154 valence electrons. The van der Waals surface area contributed by atoms with E-state index in [-0.39, 0.29) is 24.6 Å². The SMILES string of the molecule is CS(=O)(=O)NCCOc1nc(-c2ccccc2Cl)c(-c2ccc(Cl)cc2)cc1C#N. The van der Waals surface area contributed by atoms with Crippen molar-refractivity contribution >= 4 is 33.2 Å². The Morgan fingerprint density at radius 3 is 2.43 bits per heavy atom. The lowest BCUT2D eigenvalue weighted by molar-refractivity contribution is 0.310. The second-order valence-corrected chi connectivity index (χ2v) is 9.03. The molecule has 9 heteroatoms. The zero-order valence-corrected chi connectivity index (χ0v) is 18.2. The molecule has 1 heterocycles. The van der Waals surface area contributed by atoms with Gasteiger partial charge in [0.05, 0.1) is 11.9 Å². The largest absolute Gasteiger partial charge is 0.475 e. The Labute approximate surface area is 185 Å². The van der Waals surface area contributed by atoms with Crippen LogP contribution in [0.3, 0.4) is 0 Å². The fourth-order valence-electron chi connectivity index (χ4n) is 2.77. The summed E-state index contributed by atoms with van der Waals surface area (Å²) < 4.78 is 30.4. The van der Waals surface area contributed by atoms with Crippen LogP contribution in [0.15, 0.2) is 54.6 Å². The van der Waals surface area contributed by atoms with Gasteiger partial charge in [-0.05, 0) is 29.8 Å². The van der Waals surface area contributed by atoms with Crippen molar-refractivity contribution in [2.24, 2.45) is 0 Å². The van der Waals surface area contributed by atoms with Crippen LogP contribution in [0.4, 0.5) is 0 Å². The number of pyridine rings is 1. The number of halogens is 2. The third-order valence-electron chi connectivity index (χ3n) is 4.10. The van der Waals surface area contributed by atoms with Crippen LogP contribution in [-0.4, -0.2) is 32.8 Å².